The zero-order valence-electron chi connectivity index (χ0n) is 56.5. The molecule has 470 valence electrons. The summed E-state index contributed by atoms with van der Waals surface area (Å²) in [6.45, 7) is 56.5. The van der Waals surface area contributed by atoms with Crippen molar-refractivity contribution in [2.45, 2.75) is 248 Å². The second-order valence-corrected chi connectivity index (χ2v) is 28.7. The van der Waals surface area contributed by atoms with Crippen molar-refractivity contribution >= 4 is 0 Å². The molecule has 82 heavy (non-hydrogen) atoms. The van der Waals surface area contributed by atoms with Gasteiger partial charge in [-0.2, -0.15) is 0 Å². The van der Waals surface area contributed by atoms with Crippen LogP contribution in [0, 0.1) is 11.3 Å². The molecule has 7 unspecified atom stereocenters. The minimum absolute atomic E-state index is 0.234. The van der Waals surface area contributed by atoms with Crippen molar-refractivity contribution < 1.29 is 23.7 Å². The number of rotatable bonds is 14. The normalized spacial score (nSPS) is 28.2. The monoisotopic (exact) mass is 1140 g/mol. The zero-order chi connectivity index (χ0) is 60.5. The average Bonchev–Trinajstić information content (AvgIpc) is 3.80. The lowest BCUT2D eigenvalue weighted by molar-refractivity contribution is -0.197. The fraction of sp³-hybridized carbons (Fsp3) is 0.778. The lowest BCUT2D eigenvalue weighted by Gasteiger charge is -2.41. The fourth-order valence-electron chi connectivity index (χ4n) is 12.6. The third-order valence-corrected chi connectivity index (χ3v) is 17.2. The van der Waals surface area contributed by atoms with Crippen LogP contribution in [0.25, 0.3) is 0 Å². The van der Waals surface area contributed by atoms with Gasteiger partial charge >= 0.3 is 0 Å². The van der Waals surface area contributed by atoms with Crippen LogP contribution in [0.1, 0.15) is 198 Å². The van der Waals surface area contributed by atoms with Gasteiger partial charge in [-0.15, -0.1) is 0 Å². The average molecular weight is 1140 g/mol. The fourth-order valence-corrected chi connectivity index (χ4v) is 12.6. The molecule has 0 amide bonds. The summed E-state index contributed by atoms with van der Waals surface area (Å²) in [4.78, 5) is 12.2. The lowest BCUT2D eigenvalue weighted by atomic mass is 9.71. The van der Waals surface area contributed by atoms with E-state index in [0.29, 0.717) is 42.0 Å². The number of allylic oxidation sites excluding steroid dienone is 2. The molecule has 6 fully saturated rings. The van der Waals surface area contributed by atoms with Crippen LogP contribution in [0.4, 0.5) is 0 Å². The number of piperidine rings is 1. The van der Waals surface area contributed by atoms with Crippen molar-refractivity contribution in [1.29, 1.82) is 0 Å². The Morgan fingerprint density at radius 2 is 0.976 bits per heavy atom. The Hall–Kier alpha value is -2.48. The maximum absolute atomic E-state index is 6.37. The van der Waals surface area contributed by atoms with Gasteiger partial charge in [0.15, 0.2) is 5.79 Å². The molecule has 5 heterocycles. The largest absolute Gasteiger partial charge is 0.373 e. The predicted octanol–water partition coefficient (Wildman–Crippen LogP) is 14.7. The Balaban J connectivity index is 0.000000229. The number of nitrogens with zero attached hydrogens (tertiary/aromatic N) is 5. The molecule has 10 heteroatoms. The Morgan fingerprint density at radius 1 is 0.549 bits per heavy atom. The molecule has 2 aromatic rings. The molecular formula is C72H127N5O5. The standard InChI is InChI=1S/C20H31NO.C19H29N.C18H35NO2.C8H17NO.C7H15NO/c1-16-14-21(15-17(2)22-16)13-7-6-8-18-9-11-19(12-10-18)20(3,4)5;1-19(2,3)18-12-10-17(11-13-18)9-5-8-16-20-14-6-4-7-15-20;1-6-12-19(7-2)13-16-14-20-18(21-16)10-8-15(9-11-18)17(3,4)5;1-4-9-5-7(2)10-8(3)6-9;1-6-4-8(3)5-7(2)9-6/h6-7,9-12,16-17H,8,13-15H2,1-5H3;5,8,10-13H,4,6-7,9,14-16H2,1-3H3;15-16H,6-14H2,1-5H3;7-8H,4-6H2,1-3H3;6-7H,4-5H2,1-3H3/b7-6+;8-5+;;;. The third-order valence-electron chi connectivity index (χ3n) is 17.2. The summed E-state index contributed by atoms with van der Waals surface area (Å²) in [6.07, 6.45) is 23.9. The lowest BCUT2D eigenvalue weighted by Crippen LogP contribution is -2.45. The van der Waals surface area contributed by atoms with E-state index < -0.39 is 0 Å². The molecule has 2 aromatic carbocycles. The Kier molecular flexibility index (Phi) is 31.6. The number of ether oxygens (including phenoxy) is 5. The Morgan fingerprint density at radius 3 is 1.37 bits per heavy atom. The van der Waals surface area contributed by atoms with Crippen LogP contribution in [-0.2, 0) is 47.4 Å². The Bertz CT molecular complexity index is 2000. The van der Waals surface area contributed by atoms with Crippen molar-refractivity contribution in [3.05, 3.63) is 95.1 Å². The zero-order valence-corrected chi connectivity index (χ0v) is 56.5. The van der Waals surface area contributed by atoms with E-state index in [1.807, 2.05) is 0 Å². The van der Waals surface area contributed by atoms with E-state index in [-0.39, 0.29) is 22.7 Å². The summed E-state index contributed by atoms with van der Waals surface area (Å²) in [6, 6.07) is 18.1. The van der Waals surface area contributed by atoms with Gasteiger partial charge in [0.1, 0.15) is 0 Å². The SMILES string of the molecule is CC(C)(C)c1ccc(C/C=C/CN2CCCCC2)cc1.CC1CN(C)CC(C)O1.CC1CN(C/C=C/Cc2ccc(C(C)(C)C)cc2)CC(C)O1.CCCN(CC)CC1COC2(CCC(C(C)(C)C)CC2)O1.CCN1CC(C)OC(C)C1. The van der Waals surface area contributed by atoms with E-state index in [4.69, 9.17) is 23.7 Å². The van der Waals surface area contributed by atoms with Gasteiger partial charge < -0.3 is 33.5 Å². The predicted molar refractivity (Wildman–Crippen MR) is 350 cm³/mol. The molecular weight excluding hydrogens is 1010 g/mol. The second-order valence-electron chi connectivity index (χ2n) is 28.7. The number of likely N-dealkylation sites (N-methyl/N-ethyl adjacent to an activating group) is 3. The van der Waals surface area contributed by atoms with Crippen LogP contribution >= 0.6 is 0 Å². The molecule has 0 radical (unpaired) electrons. The van der Waals surface area contributed by atoms with Crippen LogP contribution in [0.3, 0.4) is 0 Å². The molecule has 0 aromatic heterocycles. The van der Waals surface area contributed by atoms with Crippen LogP contribution in [0.15, 0.2) is 72.8 Å². The molecule has 10 nitrogen and oxygen atoms in total. The van der Waals surface area contributed by atoms with Crippen molar-refractivity contribution in [2.75, 3.05) is 105 Å². The molecule has 5 aliphatic heterocycles. The summed E-state index contributed by atoms with van der Waals surface area (Å²) >= 11 is 0. The van der Waals surface area contributed by atoms with E-state index in [1.165, 1.54) is 73.9 Å². The van der Waals surface area contributed by atoms with Gasteiger partial charge in [-0.05, 0) is 171 Å². The van der Waals surface area contributed by atoms with E-state index in [0.717, 1.165) is 117 Å². The quantitative estimate of drug-likeness (QED) is 0.171. The Labute approximate surface area is 505 Å². The highest BCUT2D eigenvalue weighted by atomic mass is 16.7. The highest BCUT2D eigenvalue weighted by Crippen LogP contribution is 2.45. The highest BCUT2D eigenvalue weighted by molar-refractivity contribution is 5.29. The van der Waals surface area contributed by atoms with Gasteiger partial charge in [-0.25, -0.2) is 0 Å². The summed E-state index contributed by atoms with van der Waals surface area (Å²) in [7, 11) is 2.13. The maximum Gasteiger partial charge on any atom is 0.168 e. The van der Waals surface area contributed by atoms with Gasteiger partial charge in [0.25, 0.3) is 0 Å². The first kappa shape index (κ1) is 72.0. The first-order valence-electron chi connectivity index (χ1n) is 33.0. The van der Waals surface area contributed by atoms with Crippen molar-refractivity contribution in [2.24, 2.45) is 11.3 Å². The van der Waals surface area contributed by atoms with E-state index >= 15 is 0 Å². The maximum atomic E-state index is 6.37. The minimum atomic E-state index is -0.252. The molecule has 8 rings (SSSR count). The number of benzene rings is 2. The first-order valence-corrected chi connectivity index (χ1v) is 33.0. The molecule has 1 aliphatic carbocycles. The van der Waals surface area contributed by atoms with Crippen LogP contribution < -0.4 is 0 Å². The topological polar surface area (TPSA) is 62.4 Å². The number of hydrogen-bond acceptors (Lipinski definition) is 10. The van der Waals surface area contributed by atoms with Crippen molar-refractivity contribution in [3.8, 4) is 0 Å². The molecule has 1 spiro atoms. The molecule has 7 atom stereocenters. The van der Waals surface area contributed by atoms with Crippen molar-refractivity contribution in [3.63, 3.8) is 0 Å². The number of hydrogen-bond donors (Lipinski definition) is 0. The van der Waals surface area contributed by atoms with E-state index in [9.17, 15) is 0 Å². The highest BCUT2D eigenvalue weighted by Gasteiger charge is 2.46. The van der Waals surface area contributed by atoms with Crippen LogP contribution in [0.2, 0.25) is 0 Å². The molecule has 6 aliphatic rings. The van der Waals surface area contributed by atoms with Gasteiger partial charge in [0.2, 0.25) is 0 Å². The molecule has 1 saturated carbocycles. The molecule has 0 bridgehead atoms. The van der Waals surface area contributed by atoms with E-state index in [1.54, 1.807) is 0 Å². The minimum Gasteiger partial charge on any atom is -0.373 e. The molecule has 5 saturated heterocycles. The van der Waals surface area contributed by atoms with Gasteiger partial charge in [0, 0.05) is 71.7 Å². The summed E-state index contributed by atoms with van der Waals surface area (Å²) in [5.41, 5.74) is 6.51. The second kappa shape index (κ2) is 36.0. The first-order chi connectivity index (χ1) is 38.7. The third kappa shape index (κ3) is 27.9. The van der Waals surface area contributed by atoms with Gasteiger partial charge in [0.05, 0.1) is 49.3 Å². The number of likely N-dealkylation sites (tertiary alicyclic amines) is 1. The van der Waals surface area contributed by atoms with Crippen LogP contribution in [0.5, 0.6) is 0 Å². The van der Waals surface area contributed by atoms with E-state index in [2.05, 4.69) is 229 Å². The summed E-state index contributed by atoms with van der Waals surface area (Å²) < 4.78 is 29.4. The smallest absolute Gasteiger partial charge is 0.168 e. The van der Waals surface area contributed by atoms with Gasteiger partial charge in [-0.3, -0.25) is 14.7 Å². The molecule has 0 N–H and O–H groups in total. The summed E-state index contributed by atoms with van der Waals surface area (Å²) in [5, 5.41) is 0. The number of morpholine rings is 3. The van der Waals surface area contributed by atoms with Gasteiger partial charge in [-0.1, -0.05) is 162 Å². The summed E-state index contributed by atoms with van der Waals surface area (Å²) in [5.74, 6) is 0.555. The van der Waals surface area contributed by atoms with Crippen LogP contribution in [-0.4, -0.2) is 178 Å². The van der Waals surface area contributed by atoms with Crippen molar-refractivity contribution in [1.82, 2.24) is 24.5 Å².